The second-order valence-corrected chi connectivity index (χ2v) is 8.96. The fourth-order valence-electron chi connectivity index (χ4n) is 6.27. The Balaban J connectivity index is 1.38. The molecular weight excluding hydrogens is 304 g/mol. The highest BCUT2D eigenvalue weighted by Gasteiger charge is 2.51. The minimum absolute atomic E-state index is 0.492. The Morgan fingerprint density at radius 3 is 2.04 bits per heavy atom. The monoisotopic (exact) mass is 332 g/mol. The first-order valence-electron chi connectivity index (χ1n) is 9.88. The standard InChI is InChI=1S/C23H28N2/c1-16-3-8-22(25(16)2)15-24-21-6-4-20(5-7-21)23-12-17-9-18(13-23)11-19(10-17)14-23/h3-8,15,17-19H,9-14H2,1-2H3. The summed E-state index contributed by atoms with van der Waals surface area (Å²) in [6.07, 6.45) is 10.8. The van der Waals surface area contributed by atoms with Gasteiger partial charge in [-0.05, 0) is 98.4 Å². The summed E-state index contributed by atoms with van der Waals surface area (Å²) in [5.74, 6) is 3.01. The molecule has 4 fully saturated rings. The third kappa shape index (κ3) is 2.58. The van der Waals surface area contributed by atoms with Crippen molar-refractivity contribution in [2.45, 2.75) is 50.9 Å². The fraction of sp³-hybridized carbons (Fsp3) is 0.522. The van der Waals surface area contributed by atoms with Gasteiger partial charge in [0.1, 0.15) is 0 Å². The van der Waals surface area contributed by atoms with E-state index in [9.17, 15) is 0 Å². The van der Waals surface area contributed by atoms with Crippen LogP contribution in [0.15, 0.2) is 41.4 Å². The van der Waals surface area contributed by atoms with Crippen LogP contribution in [0.5, 0.6) is 0 Å². The van der Waals surface area contributed by atoms with E-state index in [0.29, 0.717) is 5.41 Å². The van der Waals surface area contributed by atoms with E-state index < -0.39 is 0 Å². The maximum absolute atomic E-state index is 4.69. The molecule has 6 rings (SSSR count). The van der Waals surface area contributed by atoms with Gasteiger partial charge in [0, 0.05) is 12.7 Å². The minimum atomic E-state index is 0.492. The Labute approximate surface area is 151 Å². The average molecular weight is 332 g/mol. The molecule has 0 radical (unpaired) electrons. The van der Waals surface area contributed by atoms with Crippen LogP contribution < -0.4 is 0 Å². The van der Waals surface area contributed by atoms with E-state index in [1.54, 1.807) is 5.56 Å². The largest absolute Gasteiger partial charge is 0.347 e. The van der Waals surface area contributed by atoms with E-state index in [1.165, 1.54) is 44.2 Å². The van der Waals surface area contributed by atoms with Crippen LogP contribution in [0.25, 0.3) is 0 Å². The first kappa shape index (κ1) is 15.4. The molecule has 1 aromatic heterocycles. The quantitative estimate of drug-likeness (QED) is 0.656. The van der Waals surface area contributed by atoms with Gasteiger partial charge in [-0.15, -0.1) is 0 Å². The van der Waals surface area contributed by atoms with Crippen LogP contribution in [0.3, 0.4) is 0 Å². The van der Waals surface area contributed by atoms with E-state index >= 15 is 0 Å². The first-order valence-corrected chi connectivity index (χ1v) is 9.88. The van der Waals surface area contributed by atoms with E-state index in [4.69, 9.17) is 4.99 Å². The Kier molecular flexibility index (Phi) is 3.45. The van der Waals surface area contributed by atoms with Gasteiger partial charge in [-0.25, -0.2) is 0 Å². The Bertz CT molecular complexity index is 774. The van der Waals surface area contributed by atoms with Gasteiger partial charge in [-0.3, -0.25) is 4.99 Å². The number of nitrogens with zero attached hydrogens (tertiary/aromatic N) is 2. The summed E-state index contributed by atoms with van der Waals surface area (Å²) in [4.78, 5) is 4.69. The van der Waals surface area contributed by atoms with E-state index in [2.05, 4.69) is 54.9 Å². The van der Waals surface area contributed by atoms with E-state index in [0.717, 1.165) is 29.1 Å². The van der Waals surface area contributed by atoms with Crippen molar-refractivity contribution < 1.29 is 0 Å². The minimum Gasteiger partial charge on any atom is -0.347 e. The number of hydrogen-bond donors (Lipinski definition) is 0. The third-order valence-corrected chi connectivity index (χ3v) is 7.28. The second kappa shape index (κ2) is 5.59. The van der Waals surface area contributed by atoms with Crippen molar-refractivity contribution in [2.75, 3.05) is 0 Å². The molecular formula is C23H28N2. The zero-order valence-corrected chi connectivity index (χ0v) is 15.4. The number of benzene rings is 1. The van der Waals surface area contributed by atoms with E-state index in [1.807, 2.05) is 6.21 Å². The normalized spacial score (nSPS) is 33.4. The number of aromatic nitrogens is 1. The zero-order chi connectivity index (χ0) is 17.0. The van der Waals surface area contributed by atoms with Gasteiger partial charge in [0.15, 0.2) is 0 Å². The van der Waals surface area contributed by atoms with Crippen LogP contribution >= 0.6 is 0 Å². The van der Waals surface area contributed by atoms with Gasteiger partial charge in [-0.1, -0.05) is 12.1 Å². The summed E-state index contributed by atoms with van der Waals surface area (Å²) >= 11 is 0. The summed E-state index contributed by atoms with van der Waals surface area (Å²) < 4.78 is 2.17. The molecule has 4 saturated carbocycles. The highest BCUT2D eigenvalue weighted by Crippen LogP contribution is 2.60. The lowest BCUT2D eigenvalue weighted by molar-refractivity contribution is -0.00518. The van der Waals surface area contributed by atoms with E-state index in [-0.39, 0.29) is 0 Å². The molecule has 1 aromatic carbocycles. The first-order chi connectivity index (χ1) is 12.1. The molecule has 2 nitrogen and oxygen atoms in total. The van der Waals surface area contributed by atoms with Gasteiger partial charge < -0.3 is 4.57 Å². The maximum atomic E-state index is 4.69. The summed E-state index contributed by atoms with van der Waals surface area (Å²) in [6.45, 7) is 2.12. The van der Waals surface area contributed by atoms with Crippen molar-refractivity contribution in [3.63, 3.8) is 0 Å². The highest BCUT2D eigenvalue weighted by atomic mass is 15.0. The molecule has 4 aliphatic rings. The highest BCUT2D eigenvalue weighted by molar-refractivity contribution is 5.80. The van der Waals surface area contributed by atoms with Gasteiger partial charge >= 0.3 is 0 Å². The van der Waals surface area contributed by atoms with Crippen LogP contribution in [-0.4, -0.2) is 10.8 Å². The lowest BCUT2D eigenvalue weighted by Crippen LogP contribution is -2.48. The molecule has 25 heavy (non-hydrogen) atoms. The molecule has 0 saturated heterocycles. The molecule has 4 aliphatic carbocycles. The number of rotatable bonds is 3. The van der Waals surface area contributed by atoms with Gasteiger partial charge in [0.25, 0.3) is 0 Å². The molecule has 2 heteroatoms. The molecule has 0 spiro atoms. The number of aryl methyl sites for hydroxylation is 1. The zero-order valence-electron chi connectivity index (χ0n) is 15.4. The predicted octanol–water partition coefficient (Wildman–Crippen LogP) is 5.55. The molecule has 0 amide bonds. The number of aliphatic imine (C=N–C) groups is 1. The molecule has 1 heterocycles. The molecule has 130 valence electrons. The summed E-state index contributed by atoms with van der Waals surface area (Å²) in [5.41, 5.74) is 5.56. The van der Waals surface area contributed by atoms with Crippen molar-refractivity contribution in [2.24, 2.45) is 29.8 Å². The van der Waals surface area contributed by atoms with Crippen molar-refractivity contribution >= 4 is 11.9 Å². The average Bonchev–Trinajstić information content (AvgIpc) is 2.91. The fourth-order valence-corrected chi connectivity index (χ4v) is 6.27. The Morgan fingerprint density at radius 1 is 0.920 bits per heavy atom. The van der Waals surface area contributed by atoms with Crippen molar-refractivity contribution in [3.05, 3.63) is 53.3 Å². The third-order valence-electron chi connectivity index (χ3n) is 7.28. The smallest absolute Gasteiger partial charge is 0.0630 e. The predicted molar refractivity (Wildman–Crippen MR) is 104 cm³/mol. The van der Waals surface area contributed by atoms with Crippen LogP contribution in [0.4, 0.5) is 5.69 Å². The molecule has 4 bridgehead atoms. The summed E-state index contributed by atoms with van der Waals surface area (Å²) in [6, 6.07) is 13.5. The van der Waals surface area contributed by atoms with Crippen molar-refractivity contribution in [3.8, 4) is 0 Å². The van der Waals surface area contributed by atoms with Crippen LogP contribution in [0.1, 0.15) is 55.5 Å². The Hall–Kier alpha value is -1.83. The lowest BCUT2D eigenvalue weighted by atomic mass is 9.48. The molecule has 0 atom stereocenters. The van der Waals surface area contributed by atoms with Gasteiger partial charge in [0.05, 0.1) is 17.6 Å². The van der Waals surface area contributed by atoms with Crippen molar-refractivity contribution in [1.29, 1.82) is 0 Å². The molecule has 0 N–H and O–H groups in total. The molecule has 2 aromatic rings. The molecule has 0 unspecified atom stereocenters. The summed E-state index contributed by atoms with van der Waals surface area (Å²) in [7, 11) is 2.09. The van der Waals surface area contributed by atoms with Crippen LogP contribution in [0.2, 0.25) is 0 Å². The molecule has 0 aliphatic heterocycles. The lowest BCUT2D eigenvalue weighted by Gasteiger charge is -2.57. The van der Waals surface area contributed by atoms with Crippen LogP contribution in [-0.2, 0) is 12.5 Å². The van der Waals surface area contributed by atoms with Crippen molar-refractivity contribution in [1.82, 2.24) is 4.57 Å². The number of hydrogen-bond acceptors (Lipinski definition) is 1. The Morgan fingerprint density at radius 2 is 1.52 bits per heavy atom. The second-order valence-electron chi connectivity index (χ2n) is 8.96. The maximum Gasteiger partial charge on any atom is 0.0630 e. The van der Waals surface area contributed by atoms with Gasteiger partial charge in [0.2, 0.25) is 0 Å². The van der Waals surface area contributed by atoms with Gasteiger partial charge in [-0.2, -0.15) is 0 Å². The summed E-state index contributed by atoms with van der Waals surface area (Å²) in [5, 5.41) is 0. The van der Waals surface area contributed by atoms with Crippen LogP contribution in [0, 0.1) is 24.7 Å². The topological polar surface area (TPSA) is 17.3 Å². The SMILES string of the molecule is Cc1ccc(C=Nc2ccc(C34CC5CC(CC(C5)C3)C4)cc2)n1C.